The number of para-hydroxylation sites is 1. The molecular formula is C20H30N4O5. The van der Waals surface area contributed by atoms with Crippen LogP contribution in [0.2, 0.25) is 0 Å². The number of likely N-dealkylation sites (tertiary alicyclic amines) is 2. The number of ether oxygens (including phenoxy) is 3. The highest BCUT2D eigenvalue weighted by atomic mass is 16.5. The summed E-state index contributed by atoms with van der Waals surface area (Å²) in [6.07, 6.45) is 0. The molecule has 9 nitrogen and oxygen atoms in total. The minimum atomic E-state index is -0.330. The second kappa shape index (κ2) is 9.91. The van der Waals surface area contributed by atoms with Gasteiger partial charge >= 0.3 is 6.03 Å². The summed E-state index contributed by atoms with van der Waals surface area (Å²) in [6, 6.07) is 7.80. The van der Waals surface area contributed by atoms with E-state index >= 15 is 0 Å². The number of carbonyl (C=O) groups is 2. The monoisotopic (exact) mass is 406 g/mol. The molecule has 3 rings (SSSR count). The number of carbonyl (C=O) groups excluding carboxylic acids is 2. The Morgan fingerprint density at radius 2 is 2.07 bits per heavy atom. The fourth-order valence-electron chi connectivity index (χ4n) is 3.63. The van der Waals surface area contributed by atoms with Gasteiger partial charge in [-0.15, -0.1) is 0 Å². The Morgan fingerprint density at radius 1 is 1.31 bits per heavy atom. The van der Waals surface area contributed by atoms with Gasteiger partial charge in [0.1, 0.15) is 19.0 Å². The fraction of sp³-hybridized carbons (Fsp3) is 0.600. The van der Waals surface area contributed by atoms with Crippen LogP contribution in [-0.2, 0) is 20.9 Å². The minimum Gasteiger partial charge on any atom is -0.492 e. The summed E-state index contributed by atoms with van der Waals surface area (Å²) in [4.78, 5) is 26.5. The van der Waals surface area contributed by atoms with E-state index in [0.717, 1.165) is 11.3 Å². The van der Waals surface area contributed by atoms with E-state index in [4.69, 9.17) is 19.9 Å². The summed E-state index contributed by atoms with van der Waals surface area (Å²) in [5.41, 5.74) is 6.16. The lowest BCUT2D eigenvalue weighted by molar-refractivity contribution is -0.133. The van der Waals surface area contributed by atoms with E-state index in [-0.39, 0.29) is 18.2 Å². The lowest BCUT2D eigenvalue weighted by atomic mass is 9.90. The Labute approximate surface area is 171 Å². The number of benzene rings is 1. The molecule has 0 bridgehead atoms. The van der Waals surface area contributed by atoms with Crippen LogP contribution in [0.25, 0.3) is 0 Å². The molecule has 29 heavy (non-hydrogen) atoms. The molecule has 0 aliphatic carbocycles. The molecule has 0 aromatic heterocycles. The highest BCUT2D eigenvalue weighted by Gasteiger charge is 2.47. The van der Waals surface area contributed by atoms with Crippen LogP contribution in [0.3, 0.4) is 0 Å². The molecule has 1 aromatic carbocycles. The Hall–Kier alpha value is -2.36. The van der Waals surface area contributed by atoms with Gasteiger partial charge in [-0.25, -0.2) is 4.79 Å². The van der Waals surface area contributed by atoms with E-state index in [1.165, 1.54) is 0 Å². The molecule has 2 aliphatic rings. The lowest BCUT2D eigenvalue weighted by Crippen LogP contribution is -2.74. The molecule has 160 valence electrons. The quantitative estimate of drug-likeness (QED) is 0.500. The summed E-state index contributed by atoms with van der Waals surface area (Å²) >= 11 is 0. The SMILES string of the molecule is CNC1(COC=O)CN(C(=O)N2CC(COCc3ccccc3OCCN)C2)C1. The summed E-state index contributed by atoms with van der Waals surface area (Å²) < 4.78 is 16.3. The second-order valence-corrected chi connectivity index (χ2v) is 7.61. The number of hydrogen-bond acceptors (Lipinski definition) is 7. The van der Waals surface area contributed by atoms with Gasteiger partial charge in [0.05, 0.1) is 18.8 Å². The number of rotatable bonds is 11. The first-order valence-electron chi connectivity index (χ1n) is 9.87. The van der Waals surface area contributed by atoms with Crippen molar-refractivity contribution in [2.24, 2.45) is 11.7 Å². The van der Waals surface area contributed by atoms with Gasteiger partial charge in [-0.3, -0.25) is 4.79 Å². The van der Waals surface area contributed by atoms with E-state index in [1.54, 1.807) is 4.90 Å². The Kier molecular flexibility index (Phi) is 7.29. The van der Waals surface area contributed by atoms with Gasteiger partial charge in [-0.1, -0.05) is 18.2 Å². The number of urea groups is 1. The predicted octanol–water partition coefficient (Wildman–Crippen LogP) is 0.0393. The zero-order valence-corrected chi connectivity index (χ0v) is 16.8. The lowest BCUT2D eigenvalue weighted by Gasteiger charge is -2.52. The molecule has 0 radical (unpaired) electrons. The Morgan fingerprint density at radius 3 is 2.76 bits per heavy atom. The van der Waals surface area contributed by atoms with Crippen molar-refractivity contribution in [2.45, 2.75) is 12.1 Å². The van der Waals surface area contributed by atoms with Crippen LogP contribution < -0.4 is 15.8 Å². The zero-order chi connectivity index (χ0) is 20.7. The van der Waals surface area contributed by atoms with Gasteiger partial charge < -0.3 is 35.1 Å². The Balaban J connectivity index is 1.35. The van der Waals surface area contributed by atoms with Crippen LogP contribution in [0.5, 0.6) is 5.75 Å². The number of likely N-dealkylation sites (N-methyl/N-ethyl adjacent to an activating group) is 1. The molecule has 3 N–H and O–H groups in total. The van der Waals surface area contributed by atoms with Crippen LogP contribution in [0.4, 0.5) is 4.79 Å². The summed E-state index contributed by atoms with van der Waals surface area (Å²) in [6.45, 7) is 5.18. The summed E-state index contributed by atoms with van der Waals surface area (Å²) in [7, 11) is 1.81. The average Bonchev–Trinajstić information content (AvgIpc) is 2.68. The first kappa shape index (κ1) is 21.4. The van der Waals surface area contributed by atoms with Crippen molar-refractivity contribution in [3.63, 3.8) is 0 Å². The first-order chi connectivity index (χ1) is 14.1. The van der Waals surface area contributed by atoms with Crippen LogP contribution in [0, 0.1) is 5.92 Å². The van der Waals surface area contributed by atoms with Crippen molar-refractivity contribution in [3.05, 3.63) is 29.8 Å². The van der Waals surface area contributed by atoms with Crippen LogP contribution in [-0.4, -0.2) is 87.4 Å². The maximum absolute atomic E-state index is 12.5. The van der Waals surface area contributed by atoms with Crippen molar-refractivity contribution >= 4 is 12.5 Å². The van der Waals surface area contributed by atoms with E-state index in [1.807, 2.05) is 36.2 Å². The maximum atomic E-state index is 12.5. The van der Waals surface area contributed by atoms with Crippen molar-refractivity contribution < 1.29 is 23.8 Å². The fourth-order valence-corrected chi connectivity index (χ4v) is 3.63. The minimum absolute atomic E-state index is 0.0266. The van der Waals surface area contributed by atoms with Crippen molar-refractivity contribution in [1.82, 2.24) is 15.1 Å². The van der Waals surface area contributed by atoms with E-state index in [2.05, 4.69) is 5.32 Å². The molecule has 2 amide bonds. The molecule has 0 atom stereocenters. The molecule has 0 unspecified atom stereocenters. The smallest absolute Gasteiger partial charge is 0.320 e. The van der Waals surface area contributed by atoms with E-state index in [0.29, 0.717) is 64.9 Å². The van der Waals surface area contributed by atoms with Crippen LogP contribution in [0.15, 0.2) is 24.3 Å². The molecular weight excluding hydrogens is 376 g/mol. The molecule has 2 heterocycles. The first-order valence-corrected chi connectivity index (χ1v) is 9.87. The number of hydrogen-bond donors (Lipinski definition) is 2. The third-order valence-electron chi connectivity index (χ3n) is 5.40. The number of nitrogens with two attached hydrogens (primary N) is 1. The van der Waals surface area contributed by atoms with Gasteiger partial charge in [-0.2, -0.15) is 0 Å². The van der Waals surface area contributed by atoms with Gasteiger partial charge in [0, 0.05) is 44.2 Å². The van der Waals surface area contributed by atoms with Crippen LogP contribution >= 0.6 is 0 Å². The topological polar surface area (TPSA) is 106 Å². The van der Waals surface area contributed by atoms with Crippen molar-refractivity contribution in [1.29, 1.82) is 0 Å². The van der Waals surface area contributed by atoms with E-state index in [9.17, 15) is 9.59 Å². The maximum Gasteiger partial charge on any atom is 0.320 e. The average molecular weight is 406 g/mol. The van der Waals surface area contributed by atoms with Gasteiger partial charge in [0.15, 0.2) is 0 Å². The normalized spacial score (nSPS) is 18.0. The second-order valence-electron chi connectivity index (χ2n) is 7.61. The molecule has 1 aromatic rings. The van der Waals surface area contributed by atoms with E-state index < -0.39 is 0 Å². The molecule has 9 heteroatoms. The molecule has 2 fully saturated rings. The number of nitrogens with zero attached hydrogens (tertiary/aromatic N) is 2. The summed E-state index contributed by atoms with van der Waals surface area (Å²) in [5.74, 6) is 1.14. The molecule has 2 aliphatic heterocycles. The van der Waals surface area contributed by atoms with Crippen LogP contribution in [0.1, 0.15) is 5.56 Å². The third kappa shape index (κ3) is 5.17. The largest absolute Gasteiger partial charge is 0.492 e. The zero-order valence-electron chi connectivity index (χ0n) is 16.8. The number of amides is 2. The highest BCUT2D eigenvalue weighted by molar-refractivity contribution is 5.76. The third-order valence-corrected chi connectivity index (χ3v) is 5.40. The number of nitrogens with one attached hydrogen (secondary N) is 1. The Bertz CT molecular complexity index is 689. The predicted molar refractivity (Wildman–Crippen MR) is 106 cm³/mol. The van der Waals surface area contributed by atoms with Gasteiger partial charge in [0.2, 0.25) is 0 Å². The standard InChI is InChI=1S/C20H30N4O5/c1-22-20(14-28-15-25)12-24(13-20)19(26)23-8-16(9-23)10-27-11-17-4-2-3-5-18(17)29-7-6-21/h2-5,15-16,22H,6-14,21H2,1H3. The summed E-state index contributed by atoms with van der Waals surface area (Å²) in [5, 5.41) is 3.15. The van der Waals surface area contributed by atoms with Gasteiger partial charge in [-0.05, 0) is 13.1 Å². The molecule has 2 saturated heterocycles. The molecule has 0 spiro atoms. The van der Waals surface area contributed by atoms with Gasteiger partial charge in [0.25, 0.3) is 6.47 Å². The van der Waals surface area contributed by atoms with Crippen molar-refractivity contribution in [2.75, 3.05) is 59.6 Å². The highest BCUT2D eigenvalue weighted by Crippen LogP contribution is 2.26. The van der Waals surface area contributed by atoms with Crippen molar-refractivity contribution in [3.8, 4) is 5.75 Å². The molecule has 0 saturated carbocycles.